The molecule has 2 atom stereocenters. The van der Waals surface area contributed by atoms with Crippen molar-refractivity contribution in [1.82, 2.24) is 25.5 Å². The summed E-state index contributed by atoms with van der Waals surface area (Å²) in [6.07, 6.45) is -0.845. The van der Waals surface area contributed by atoms with Crippen LogP contribution in [0.15, 0.2) is 24.5 Å². The zero-order valence-electron chi connectivity index (χ0n) is 17.1. The molecule has 2 aromatic rings. The van der Waals surface area contributed by atoms with Crippen LogP contribution >= 0.6 is 0 Å². The highest BCUT2D eigenvalue weighted by atomic mass is 19.4. The molecule has 2 aliphatic heterocycles. The van der Waals surface area contributed by atoms with Gasteiger partial charge in [-0.2, -0.15) is 13.2 Å². The van der Waals surface area contributed by atoms with Gasteiger partial charge in [-0.25, -0.2) is 0 Å². The molecule has 30 heavy (non-hydrogen) atoms. The first-order valence-corrected chi connectivity index (χ1v) is 10.2. The number of halogens is 3. The molecule has 2 aliphatic rings. The van der Waals surface area contributed by atoms with Crippen molar-refractivity contribution in [3.8, 4) is 0 Å². The molecule has 6 nitrogen and oxygen atoms in total. The van der Waals surface area contributed by atoms with Gasteiger partial charge in [0.2, 0.25) is 5.91 Å². The van der Waals surface area contributed by atoms with Crippen LogP contribution in [0.4, 0.5) is 13.2 Å². The maximum Gasteiger partial charge on any atom is 0.418 e. The Morgan fingerprint density at radius 2 is 1.97 bits per heavy atom. The maximum atomic E-state index is 13.5. The summed E-state index contributed by atoms with van der Waals surface area (Å²) in [6, 6.07) is 2.51. The van der Waals surface area contributed by atoms with Gasteiger partial charge in [0.15, 0.2) is 0 Å². The molecule has 1 aromatic heterocycles. The van der Waals surface area contributed by atoms with Crippen molar-refractivity contribution in [3.63, 3.8) is 0 Å². The Labute approximate surface area is 173 Å². The summed E-state index contributed by atoms with van der Waals surface area (Å²) in [5.74, 6) is 0.467. The molecule has 0 unspecified atom stereocenters. The predicted molar refractivity (Wildman–Crippen MR) is 107 cm³/mol. The molecule has 9 heteroatoms. The third kappa shape index (κ3) is 4.00. The number of amides is 1. The number of likely N-dealkylation sites (tertiary alicyclic amines) is 1. The van der Waals surface area contributed by atoms with Crippen LogP contribution in [0.2, 0.25) is 0 Å². The monoisotopic (exact) mass is 421 g/mol. The number of hydrogen-bond donors (Lipinski definition) is 2. The minimum Gasteiger partial charge on any atom is -0.345 e. The lowest BCUT2D eigenvalue weighted by Crippen LogP contribution is -2.58. The molecule has 162 valence electrons. The molecule has 0 spiro atoms. The van der Waals surface area contributed by atoms with Gasteiger partial charge in [0.05, 0.1) is 16.6 Å². The highest BCUT2D eigenvalue weighted by Crippen LogP contribution is 2.39. The Hall–Kier alpha value is -2.26. The van der Waals surface area contributed by atoms with Gasteiger partial charge in [-0.3, -0.25) is 14.8 Å². The topological polar surface area (TPSA) is 70.2 Å². The fourth-order valence-electron chi connectivity index (χ4n) is 4.85. The molecule has 0 radical (unpaired) electrons. The van der Waals surface area contributed by atoms with Gasteiger partial charge >= 0.3 is 6.18 Å². The van der Waals surface area contributed by atoms with Gasteiger partial charge in [-0.05, 0) is 37.9 Å². The molecule has 0 bridgehead atoms. The van der Waals surface area contributed by atoms with E-state index in [9.17, 15) is 18.0 Å². The number of benzene rings is 1. The Morgan fingerprint density at radius 1 is 1.27 bits per heavy atom. The second-order valence-corrected chi connectivity index (χ2v) is 8.77. The molecule has 3 heterocycles. The van der Waals surface area contributed by atoms with Gasteiger partial charge < -0.3 is 15.5 Å². The van der Waals surface area contributed by atoms with E-state index in [1.54, 1.807) is 0 Å². The van der Waals surface area contributed by atoms with E-state index in [0.29, 0.717) is 30.9 Å². The first-order valence-electron chi connectivity index (χ1n) is 10.2. The van der Waals surface area contributed by atoms with Gasteiger partial charge in [0.25, 0.3) is 0 Å². The number of carbonyl (C=O) groups excluding carboxylic acids is 1. The molecular formula is C21H26F3N5O. The van der Waals surface area contributed by atoms with E-state index in [4.69, 9.17) is 0 Å². The lowest BCUT2D eigenvalue weighted by Gasteiger charge is -2.43. The number of hydrogen-bond acceptors (Lipinski definition) is 5. The molecule has 2 saturated heterocycles. The number of nitrogens with zero attached hydrogens (tertiary/aromatic N) is 3. The second kappa shape index (κ2) is 7.77. The average molecular weight is 421 g/mol. The van der Waals surface area contributed by atoms with Gasteiger partial charge in [-0.1, -0.05) is 13.0 Å². The van der Waals surface area contributed by atoms with E-state index in [0.717, 1.165) is 25.7 Å². The highest BCUT2D eigenvalue weighted by Gasteiger charge is 2.42. The van der Waals surface area contributed by atoms with Crippen molar-refractivity contribution in [3.05, 3.63) is 35.7 Å². The van der Waals surface area contributed by atoms with Crippen LogP contribution in [-0.4, -0.2) is 54.0 Å². The SMILES string of the molecule is C[C@@H]1CNC[C@](NC(=O)CC2CN(C)C2)(c2ccc(C(F)(F)F)c3nccnc23)C1. The summed E-state index contributed by atoms with van der Waals surface area (Å²) in [5.41, 5.74) is -1.06. The summed E-state index contributed by atoms with van der Waals surface area (Å²) in [7, 11) is 2.01. The molecule has 2 N–H and O–H groups in total. The Bertz CT molecular complexity index is 944. The molecular weight excluding hydrogens is 395 g/mol. The third-order valence-corrected chi connectivity index (χ3v) is 6.06. The number of piperidine rings is 1. The minimum atomic E-state index is -4.53. The van der Waals surface area contributed by atoms with E-state index in [1.165, 1.54) is 18.5 Å². The first-order chi connectivity index (χ1) is 14.2. The Morgan fingerprint density at radius 3 is 2.60 bits per heavy atom. The fraction of sp³-hybridized carbons (Fsp3) is 0.571. The van der Waals surface area contributed by atoms with E-state index < -0.39 is 17.3 Å². The standard InChI is InChI=1S/C21H26F3N5O/c1-13-8-20(12-25-9-13,28-17(30)7-14-10-29(2)11-14)15-3-4-16(21(22,23)24)19-18(15)26-5-6-27-19/h3-6,13-14,25H,7-12H2,1-2H3,(H,28,30)/t13-,20-/m0/s1. The number of carbonyl (C=O) groups is 1. The van der Waals surface area contributed by atoms with E-state index >= 15 is 0 Å². The summed E-state index contributed by atoms with van der Waals surface area (Å²) in [5, 5.41) is 6.51. The van der Waals surface area contributed by atoms with Crippen molar-refractivity contribution in [2.24, 2.45) is 11.8 Å². The first kappa shape index (κ1) is 21.0. The van der Waals surface area contributed by atoms with E-state index in [1.807, 2.05) is 7.05 Å². The van der Waals surface area contributed by atoms with Crippen LogP contribution in [0.25, 0.3) is 11.0 Å². The van der Waals surface area contributed by atoms with Crippen molar-refractivity contribution in [1.29, 1.82) is 0 Å². The average Bonchev–Trinajstić information content (AvgIpc) is 2.65. The Kier molecular flexibility index (Phi) is 5.44. The minimum absolute atomic E-state index is 0.0825. The van der Waals surface area contributed by atoms with E-state index in [2.05, 4.69) is 32.4 Å². The third-order valence-electron chi connectivity index (χ3n) is 6.06. The zero-order valence-corrected chi connectivity index (χ0v) is 17.1. The molecule has 1 aromatic carbocycles. The second-order valence-electron chi connectivity index (χ2n) is 8.77. The van der Waals surface area contributed by atoms with Crippen LogP contribution in [0.3, 0.4) is 0 Å². The largest absolute Gasteiger partial charge is 0.418 e. The maximum absolute atomic E-state index is 13.5. The van der Waals surface area contributed by atoms with Crippen molar-refractivity contribution >= 4 is 16.9 Å². The number of fused-ring (bicyclic) bond motifs is 1. The molecule has 0 saturated carbocycles. The normalized spacial score (nSPS) is 25.8. The van der Waals surface area contributed by atoms with Crippen LogP contribution < -0.4 is 10.6 Å². The van der Waals surface area contributed by atoms with Crippen LogP contribution in [0.5, 0.6) is 0 Å². The van der Waals surface area contributed by atoms with Crippen LogP contribution in [0, 0.1) is 11.8 Å². The summed E-state index contributed by atoms with van der Waals surface area (Å²) < 4.78 is 40.6. The lowest BCUT2D eigenvalue weighted by atomic mass is 9.77. The van der Waals surface area contributed by atoms with Crippen LogP contribution in [0.1, 0.15) is 30.9 Å². The molecule has 0 aliphatic carbocycles. The quantitative estimate of drug-likeness (QED) is 0.794. The van der Waals surface area contributed by atoms with Crippen molar-refractivity contribution in [2.45, 2.75) is 31.5 Å². The van der Waals surface area contributed by atoms with Crippen molar-refractivity contribution < 1.29 is 18.0 Å². The van der Waals surface area contributed by atoms with Gasteiger partial charge in [0.1, 0.15) is 5.52 Å². The lowest BCUT2D eigenvalue weighted by molar-refractivity contribution is -0.136. The zero-order chi connectivity index (χ0) is 21.5. The summed E-state index contributed by atoms with van der Waals surface area (Å²) >= 11 is 0. The summed E-state index contributed by atoms with van der Waals surface area (Å²) in [4.78, 5) is 23.3. The van der Waals surface area contributed by atoms with Gasteiger partial charge in [-0.15, -0.1) is 0 Å². The number of alkyl halides is 3. The predicted octanol–water partition coefficient (Wildman–Crippen LogP) is 2.54. The highest BCUT2D eigenvalue weighted by molar-refractivity contribution is 5.84. The van der Waals surface area contributed by atoms with Crippen LogP contribution in [-0.2, 0) is 16.5 Å². The fourth-order valence-corrected chi connectivity index (χ4v) is 4.85. The smallest absolute Gasteiger partial charge is 0.345 e. The number of nitrogens with one attached hydrogen (secondary N) is 2. The van der Waals surface area contributed by atoms with Crippen molar-refractivity contribution in [2.75, 3.05) is 33.2 Å². The Balaban J connectivity index is 1.74. The molecule has 2 fully saturated rings. The molecule has 4 rings (SSSR count). The van der Waals surface area contributed by atoms with Gasteiger partial charge in [0, 0.05) is 44.0 Å². The summed E-state index contributed by atoms with van der Waals surface area (Å²) in [6.45, 7) is 5.04. The molecule has 1 amide bonds. The number of rotatable bonds is 4. The number of aromatic nitrogens is 2. The van der Waals surface area contributed by atoms with E-state index in [-0.39, 0.29) is 22.9 Å².